The van der Waals surface area contributed by atoms with Gasteiger partial charge in [-0.2, -0.15) is 0 Å². The molecule has 0 saturated carbocycles. The standard InChI is InChI=1S/C20H23FNO6P/c1-13-2-7-18(21)17(10-13)15-5-3-14(4-6-15)11-16(12-20(24)25)22-19(23)8-9-29(26,27)28/h2-7,10,16H,8-9,11-12H2,1H3,(H,22,23)(H,24,25)(H2,26,27,28)/t16-/m1/s1. The Bertz CT molecular complexity index is 925. The number of aliphatic carboxylic acids is 1. The third kappa shape index (κ3) is 7.77. The van der Waals surface area contributed by atoms with E-state index in [-0.39, 0.29) is 18.7 Å². The largest absolute Gasteiger partial charge is 0.481 e. The fourth-order valence-corrected chi connectivity index (χ4v) is 3.39. The summed E-state index contributed by atoms with van der Waals surface area (Å²) in [6.45, 7) is 1.86. The molecule has 2 aromatic rings. The molecule has 0 aliphatic heterocycles. The molecule has 0 unspecified atom stereocenters. The van der Waals surface area contributed by atoms with E-state index in [1.165, 1.54) is 6.07 Å². The first kappa shape index (κ1) is 22.7. The van der Waals surface area contributed by atoms with Crippen molar-refractivity contribution in [3.63, 3.8) is 0 Å². The molecular weight excluding hydrogens is 400 g/mol. The molecule has 4 N–H and O–H groups in total. The maximum atomic E-state index is 14.0. The second-order valence-electron chi connectivity index (χ2n) is 6.88. The van der Waals surface area contributed by atoms with Gasteiger partial charge in [0.15, 0.2) is 0 Å². The van der Waals surface area contributed by atoms with E-state index in [0.717, 1.165) is 11.1 Å². The Hall–Kier alpha value is -2.54. The average Bonchev–Trinajstić information content (AvgIpc) is 2.61. The highest BCUT2D eigenvalue weighted by molar-refractivity contribution is 7.51. The molecule has 29 heavy (non-hydrogen) atoms. The van der Waals surface area contributed by atoms with Crippen LogP contribution in [0.5, 0.6) is 0 Å². The minimum atomic E-state index is -4.31. The Morgan fingerprint density at radius 3 is 2.38 bits per heavy atom. The summed E-state index contributed by atoms with van der Waals surface area (Å²) in [6.07, 6.45) is -1.12. The van der Waals surface area contributed by atoms with Crippen LogP contribution in [-0.2, 0) is 20.6 Å². The van der Waals surface area contributed by atoms with Gasteiger partial charge in [-0.3, -0.25) is 14.2 Å². The molecule has 0 saturated heterocycles. The number of carboxylic acids is 1. The molecule has 2 aromatic carbocycles. The number of carbonyl (C=O) groups is 2. The Morgan fingerprint density at radius 2 is 1.79 bits per heavy atom. The molecule has 0 aromatic heterocycles. The van der Waals surface area contributed by atoms with Gasteiger partial charge in [0.2, 0.25) is 5.91 Å². The molecule has 1 amide bonds. The van der Waals surface area contributed by atoms with Crippen molar-refractivity contribution >= 4 is 19.5 Å². The molecule has 1 atom stereocenters. The van der Waals surface area contributed by atoms with Crippen LogP contribution < -0.4 is 5.32 Å². The van der Waals surface area contributed by atoms with Crippen LogP contribution in [0.4, 0.5) is 4.39 Å². The first-order valence-corrected chi connectivity index (χ1v) is 10.7. The second kappa shape index (κ2) is 9.78. The predicted octanol–water partition coefficient (Wildman–Crippen LogP) is 2.87. The van der Waals surface area contributed by atoms with E-state index in [9.17, 15) is 18.5 Å². The number of hydrogen-bond donors (Lipinski definition) is 4. The molecule has 156 valence electrons. The quantitative estimate of drug-likeness (QED) is 0.460. The number of halogens is 1. The molecule has 7 nitrogen and oxygen atoms in total. The first-order chi connectivity index (χ1) is 13.5. The van der Waals surface area contributed by atoms with Crippen molar-refractivity contribution in [1.29, 1.82) is 0 Å². The van der Waals surface area contributed by atoms with Crippen LogP contribution in [0.15, 0.2) is 42.5 Å². The summed E-state index contributed by atoms with van der Waals surface area (Å²) < 4.78 is 24.9. The molecular formula is C20H23FNO6P. The van der Waals surface area contributed by atoms with E-state index in [0.29, 0.717) is 11.1 Å². The summed E-state index contributed by atoms with van der Waals surface area (Å²) >= 11 is 0. The summed E-state index contributed by atoms with van der Waals surface area (Å²) in [4.78, 5) is 40.7. The van der Waals surface area contributed by atoms with Crippen LogP contribution in [0, 0.1) is 12.7 Å². The topological polar surface area (TPSA) is 124 Å². The van der Waals surface area contributed by atoms with Crippen LogP contribution in [0.1, 0.15) is 24.0 Å². The molecule has 0 aliphatic carbocycles. The highest BCUT2D eigenvalue weighted by atomic mass is 31.2. The zero-order valence-electron chi connectivity index (χ0n) is 15.8. The Kier molecular flexibility index (Phi) is 7.67. The van der Waals surface area contributed by atoms with Gasteiger partial charge in [-0.15, -0.1) is 0 Å². The van der Waals surface area contributed by atoms with E-state index >= 15 is 0 Å². The van der Waals surface area contributed by atoms with Gasteiger partial charge >= 0.3 is 13.6 Å². The number of hydrogen-bond acceptors (Lipinski definition) is 3. The molecule has 0 heterocycles. The minimum absolute atomic E-state index is 0.213. The molecule has 0 aliphatic rings. The van der Waals surface area contributed by atoms with Gasteiger partial charge in [0.05, 0.1) is 12.6 Å². The van der Waals surface area contributed by atoms with Gasteiger partial charge in [-0.25, -0.2) is 4.39 Å². The normalized spacial score (nSPS) is 12.4. The van der Waals surface area contributed by atoms with Crippen LogP contribution in [0.25, 0.3) is 11.1 Å². The lowest BCUT2D eigenvalue weighted by Gasteiger charge is -2.17. The van der Waals surface area contributed by atoms with Crippen molar-refractivity contribution in [3.8, 4) is 11.1 Å². The lowest BCUT2D eigenvalue weighted by Crippen LogP contribution is -2.38. The molecule has 2 rings (SSSR count). The van der Waals surface area contributed by atoms with Crippen LogP contribution in [0.3, 0.4) is 0 Å². The molecule has 0 fully saturated rings. The smallest absolute Gasteiger partial charge is 0.326 e. The lowest BCUT2D eigenvalue weighted by atomic mass is 9.98. The van der Waals surface area contributed by atoms with Gasteiger partial charge in [0, 0.05) is 18.0 Å². The monoisotopic (exact) mass is 423 g/mol. The summed E-state index contributed by atoms with van der Waals surface area (Å²) in [7, 11) is -4.31. The number of carbonyl (C=O) groups excluding carboxylic acids is 1. The molecule has 9 heteroatoms. The van der Waals surface area contributed by atoms with E-state index in [2.05, 4.69) is 5.32 Å². The first-order valence-electron chi connectivity index (χ1n) is 8.94. The fourth-order valence-electron chi connectivity index (χ4n) is 2.90. The fraction of sp³-hybridized carbons (Fsp3) is 0.300. The van der Waals surface area contributed by atoms with E-state index in [1.807, 2.05) is 6.92 Å². The number of aryl methyl sites for hydroxylation is 1. The summed E-state index contributed by atoms with van der Waals surface area (Å²) in [6, 6.07) is 11.0. The minimum Gasteiger partial charge on any atom is -0.481 e. The number of carboxylic acid groups (broad SMARTS) is 1. The number of rotatable bonds is 9. The van der Waals surface area contributed by atoms with Gasteiger partial charge in [0.25, 0.3) is 0 Å². The van der Waals surface area contributed by atoms with Crippen molar-refractivity contribution in [2.45, 2.75) is 32.2 Å². The molecule has 0 spiro atoms. The van der Waals surface area contributed by atoms with Crippen molar-refractivity contribution in [2.24, 2.45) is 0 Å². The predicted molar refractivity (Wildman–Crippen MR) is 106 cm³/mol. The maximum Gasteiger partial charge on any atom is 0.326 e. The van der Waals surface area contributed by atoms with Crippen molar-refractivity contribution in [2.75, 3.05) is 6.16 Å². The van der Waals surface area contributed by atoms with Gasteiger partial charge in [0.1, 0.15) is 5.82 Å². The van der Waals surface area contributed by atoms with Crippen LogP contribution in [-0.4, -0.2) is 39.0 Å². The van der Waals surface area contributed by atoms with Gasteiger partial charge in [-0.1, -0.05) is 35.9 Å². The van der Waals surface area contributed by atoms with Crippen molar-refractivity contribution in [3.05, 3.63) is 59.4 Å². The summed E-state index contributed by atoms with van der Waals surface area (Å²) in [5.41, 5.74) is 2.80. The third-order valence-electron chi connectivity index (χ3n) is 4.29. The van der Waals surface area contributed by atoms with E-state index in [4.69, 9.17) is 14.9 Å². The number of benzene rings is 2. The van der Waals surface area contributed by atoms with E-state index < -0.39 is 38.1 Å². The van der Waals surface area contributed by atoms with Crippen LogP contribution in [0.2, 0.25) is 0 Å². The lowest BCUT2D eigenvalue weighted by molar-refractivity contribution is -0.137. The zero-order chi connectivity index (χ0) is 21.6. The average molecular weight is 423 g/mol. The Balaban J connectivity index is 2.08. The van der Waals surface area contributed by atoms with Crippen molar-refractivity contribution in [1.82, 2.24) is 5.32 Å². The second-order valence-corrected chi connectivity index (χ2v) is 8.66. The van der Waals surface area contributed by atoms with Crippen LogP contribution >= 0.6 is 7.60 Å². The Morgan fingerprint density at radius 1 is 1.14 bits per heavy atom. The highest BCUT2D eigenvalue weighted by Crippen LogP contribution is 2.34. The maximum absolute atomic E-state index is 14.0. The number of amides is 1. The molecule has 0 radical (unpaired) electrons. The summed E-state index contributed by atoms with van der Waals surface area (Å²) in [5, 5.41) is 11.6. The SMILES string of the molecule is Cc1ccc(F)c(-c2ccc(C[C@H](CC(=O)O)NC(=O)CCP(=O)(O)O)cc2)c1. The van der Waals surface area contributed by atoms with E-state index in [1.54, 1.807) is 36.4 Å². The van der Waals surface area contributed by atoms with Gasteiger partial charge < -0.3 is 20.2 Å². The zero-order valence-corrected chi connectivity index (χ0v) is 16.7. The number of nitrogens with one attached hydrogen (secondary N) is 1. The summed E-state index contributed by atoms with van der Waals surface area (Å²) in [5.74, 6) is -2.08. The third-order valence-corrected chi connectivity index (χ3v) is 5.09. The Labute approximate surface area is 167 Å². The van der Waals surface area contributed by atoms with Gasteiger partial charge in [-0.05, 0) is 36.6 Å². The highest BCUT2D eigenvalue weighted by Gasteiger charge is 2.20. The molecule has 0 bridgehead atoms. The van der Waals surface area contributed by atoms with Crippen molar-refractivity contribution < 1.29 is 33.4 Å².